The second kappa shape index (κ2) is 10.3. The monoisotopic (exact) mass is 475 g/mol. The van der Waals surface area contributed by atoms with E-state index in [1.54, 1.807) is 6.07 Å². The molecule has 182 valence electrons. The lowest BCUT2D eigenvalue weighted by Gasteiger charge is -2.33. The average Bonchev–Trinajstić information content (AvgIpc) is 2.73. The molecule has 2 atom stereocenters. The number of unbranched alkanes of at least 4 members (excludes halogenated alkanes) is 2. The smallest absolute Gasteiger partial charge is 0.257 e. The Morgan fingerprint density at radius 2 is 1.88 bits per heavy atom. The van der Waals surface area contributed by atoms with E-state index < -0.39 is 9.84 Å². The number of phenols is 2. The number of benzene rings is 1. The van der Waals surface area contributed by atoms with Crippen LogP contribution in [-0.2, 0) is 16.3 Å². The summed E-state index contributed by atoms with van der Waals surface area (Å²) in [6.07, 6.45) is 7.24. The van der Waals surface area contributed by atoms with Gasteiger partial charge in [-0.3, -0.25) is 4.79 Å². The predicted molar refractivity (Wildman–Crippen MR) is 132 cm³/mol. The number of aromatic hydroxyl groups is 2. The molecule has 0 radical (unpaired) electrons. The zero-order chi connectivity index (χ0) is 24.3. The topological polar surface area (TPSA) is 94.9 Å². The molecule has 0 saturated carbocycles. The van der Waals surface area contributed by atoms with E-state index >= 15 is 0 Å². The third kappa shape index (κ3) is 5.62. The third-order valence-electron chi connectivity index (χ3n) is 7.01. The van der Waals surface area contributed by atoms with E-state index in [4.69, 9.17) is 0 Å². The maximum Gasteiger partial charge on any atom is 0.257 e. The standard InChI is InChI=1S/C26H37NO5S/c1-5-6-7-8-19-16-22(28)24(21-15-18(4)9-10-20(21)17(2)3)25(29)23(19)26(30)27-11-13-33(31,32)14-12-27/h15-16,20-21,28-29H,2,5-14H2,1,3-4H3. The fourth-order valence-electron chi connectivity index (χ4n) is 5.03. The summed E-state index contributed by atoms with van der Waals surface area (Å²) in [7, 11) is -3.14. The van der Waals surface area contributed by atoms with Crippen LogP contribution in [0.2, 0.25) is 0 Å². The summed E-state index contributed by atoms with van der Waals surface area (Å²) >= 11 is 0. The highest BCUT2D eigenvalue weighted by Crippen LogP contribution is 2.48. The molecule has 1 saturated heterocycles. The second-order valence-corrected chi connectivity index (χ2v) is 11.9. The molecule has 0 bridgehead atoms. The first-order valence-corrected chi connectivity index (χ1v) is 13.8. The number of nitrogens with zero attached hydrogens (tertiary/aromatic N) is 1. The summed E-state index contributed by atoms with van der Waals surface area (Å²) in [4.78, 5) is 15.1. The van der Waals surface area contributed by atoms with Gasteiger partial charge in [-0.1, -0.05) is 43.6 Å². The van der Waals surface area contributed by atoms with Gasteiger partial charge in [-0.05, 0) is 57.1 Å². The molecule has 2 N–H and O–H groups in total. The summed E-state index contributed by atoms with van der Waals surface area (Å²) in [6, 6.07) is 1.63. The van der Waals surface area contributed by atoms with Crippen molar-refractivity contribution in [3.8, 4) is 11.5 Å². The van der Waals surface area contributed by atoms with E-state index in [0.717, 1.165) is 37.7 Å². The summed E-state index contributed by atoms with van der Waals surface area (Å²) in [5.41, 5.74) is 3.34. The van der Waals surface area contributed by atoms with Crippen molar-refractivity contribution in [3.05, 3.63) is 46.6 Å². The van der Waals surface area contributed by atoms with Crippen molar-refractivity contribution in [2.45, 2.75) is 65.2 Å². The molecule has 1 aliphatic carbocycles. The fourth-order valence-corrected chi connectivity index (χ4v) is 6.23. The Hall–Kier alpha value is -2.28. The molecule has 1 aromatic rings. The Kier molecular flexibility index (Phi) is 7.93. The Morgan fingerprint density at radius 3 is 2.48 bits per heavy atom. The van der Waals surface area contributed by atoms with E-state index in [-0.39, 0.29) is 59.4 Å². The van der Waals surface area contributed by atoms with Gasteiger partial charge in [0.25, 0.3) is 5.91 Å². The molecule has 2 unspecified atom stereocenters. The number of amides is 1. The molecular weight excluding hydrogens is 438 g/mol. The number of sulfone groups is 1. The highest BCUT2D eigenvalue weighted by molar-refractivity contribution is 7.91. The van der Waals surface area contributed by atoms with E-state index in [1.165, 1.54) is 10.5 Å². The van der Waals surface area contributed by atoms with Crippen LogP contribution in [0.3, 0.4) is 0 Å². The number of rotatable bonds is 7. The van der Waals surface area contributed by atoms with Gasteiger partial charge in [0.05, 0.1) is 17.1 Å². The predicted octanol–water partition coefficient (Wildman–Crippen LogP) is 4.72. The molecule has 0 aromatic heterocycles. The molecule has 1 amide bonds. The molecule has 1 aromatic carbocycles. The van der Waals surface area contributed by atoms with Crippen molar-refractivity contribution in [2.24, 2.45) is 5.92 Å². The van der Waals surface area contributed by atoms with Gasteiger partial charge in [-0.2, -0.15) is 0 Å². The van der Waals surface area contributed by atoms with Crippen molar-refractivity contribution in [3.63, 3.8) is 0 Å². The molecule has 3 rings (SSSR count). The number of allylic oxidation sites excluding steroid dienone is 3. The minimum Gasteiger partial charge on any atom is -0.507 e. The zero-order valence-corrected chi connectivity index (χ0v) is 20.9. The number of carbonyl (C=O) groups excluding carboxylic acids is 1. The van der Waals surface area contributed by atoms with Crippen LogP contribution in [0.5, 0.6) is 11.5 Å². The Balaban J connectivity index is 2.10. The number of hydrogen-bond acceptors (Lipinski definition) is 5. The summed E-state index contributed by atoms with van der Waals surface area (Å²) in [6.45, 7) is 10.4. The zero-order valence-electron chi connectivity index (χ0n) is 20.1. The van der Waals surface area contributed by atoms with Gasteiger partial charge >= 0.3 is 0 Å². The van der Waals surface area contributed by atoms with Crippen molar-refractivity contribution in [2.75, 3.05) is 24.6 Å². The second-order valence-electron chi connectivity index (χ2n) is 9.62. The maximum absolute atomic E-state index is 13.6. The number of aryl methyl sites for hydroxylation is 1. The summed E-state index contributed by atoms with van der Waals surface area (Å²) < 4.78 is 23.7. The van der Waals surface area contributed by atoms with Gasteiger partial charge in [-0.25, -0.2) is 8.42 Å². The minimum atomic E-state index is -3.14. The van der Waals surface area contributed by atoms with Gasteiger partial charge in [0.15, 0.2) is 9.84 Å². The third-order valence-corrected chi connectivity index (χ3v) is 8.62. The van der Waals surface area contributed by atoms with E-state index in [0.29, 0.717) is 17.5 Å². The molecular formula is C26H37NO5S. The molecule has 0 spiro atoms. The van der Waals surface area contributed by atoms with Crippen LogP contribution in [0.15, 0.2) is 29.9 Å². The summed E-state index contributed by atoms with van der Waals surface area (Å²) in [5.74, 6) is -0.899. The van der Waals surface area contributed by atoms with Gasteiger partial charge in [0.2, 0.25) is 0 Å². The fraction of sp³-hybridized carbons (Fsp3) is 0.577. The van der Waals surface area contributed by atoms with Crippen molar-refractivity contribution in [1.82, 2.24) is 4.90 Å². The van der Waals surface area contributed by atoms with Crippen molar-refractivity contribution >= 4 is 15.7 Å². The lowest BCUT2D eigenvalue weighted by atomic mass is 9.73. The molecule has 2 aliphatic rings. The lowest BCUT2D eigenvalue weighted by Crippen LogP contribution is -2.44. The Labute approximate surface area is 197 Å². The van der Waals surface area contributed by atoms with Crippen LogP contribution in [0.25, 0.3) is 0 Å². The van der Waals surface area contributed by atoms with Gasteiger partial charge < -0.3 is 15.1 Å². The summed E-state index contributed by atoms with van der Waals surface area (Å²) in [5, 5.41) is 22.5. The SMILES string of the molecule is C=C(C)C1CCC(C)=CC1c1c(O)cc(CCCCC)c(C(=O)N2CCS(=O)(=O)CC2)c1O. The van der Waals surface area contributed by atoms with Crippen LogP contribution in [0.4, 0.5) is 0 Å². The number of hydrogen-bond donors (Lipinski definition) is 2. The van der Waals surface area contributed by atoms with Crippen LogP contribution in [-0.4, -0.2) is 54.0 Å². The largest absolute Gasteiger partial charge is 0.507 e. The number of phenolic OH excluding ortho intramolecular Hbond substituents is 2. The first-order valence-electron chi connectivity index (χ1n) is 12.0. The minimum absolute atomic E-state index is 0.000953. The normalized spacial score (nSPS) is 22.6. The Bertz CT molecular complexity index is 1040. The van der Waals surface area contributed by atoms with Crippen LogP contribution >= 0.6 is 0 Å². The van der Waals surface area contributed by atoms with E-state index in [9.17, 15) is 23.4 Å². The van der Waals surface area contributed by atoms with Crippen LogP contribution < -0.4 is 0 Å². The van der Waals surface area contributed by atoms with Crippen molar-refractivity contribution in [1.29, 1.82) is 0 Å². The molecule has 6 nitrogen and oxygen atoms in total. The van der Waals surface area contributed by atoms with Crippen molar-refractivity contribution < 1.29 is 23.4 Å². The van der Waals surface area contributed by atoms with Gasteiger partial charge in [0, 0.05) is 24.6 Å². The first kappa shape index (κ1) is 25.3. The van der Waals surface area contributed by atoms with Crippen LogP contribution in [0, 0.1) is 5.92 Å². The molecule has 1 aliphatic heterocycles. The van der Waals surface area contributed by atoms with Crippen LogP contribution in [0.1, 0.15) is 80.3 Å². The maximum atomic E-state index is 13.6. The molecule has 1 fully saturated rings. The average molecular weight is 476 g/mol. The van der Waals surface area contributed by atoms with Gasteiger partial charge in [-0.15, -0.1) is 0 Å². The quantitative estimate of drug-likeness (QED) is 0.440. The first-order chi connectivity index (χ1) is 15.6. The Morgan fingerprint density at radius 1 is 1.21 bits per heavy atom. The lowest BCUT2D eigenvalue weighted by molar-refractivity contribution is 0.0765. The molecule has 33 heavy (non-hydrogen) atoms. The van der Waals surface area contributed by atoms with Gasteiger partial charge in [0.1, 0.15) is 11.5 Å². The highest BCUT2D eigenvalue weighted by atomic mass is 32.2. The van der Waals surface area contributed by atoms with E-state index in [1.807, 2.05) is 13.8 Å². The van der Waals surface area contributed by atoms with E-state index in [2.05, 4.69) is 19.6 Å². The molecule has 1 heterocycles. The number of carbonyl (C=O) groups is 1. The highest BCUT2D eigenvalue weighted by Gasteiger charge is 2.35. The molecule has 7 heteroatoms.